The molecule has 2 rings (SSSR count). The number of carbonyl (C=O) groups excluding carboxylic acids is 1. The third-order valence-electron chi connectivity index (χ3n) is 3.71. The molecule has 1 aromatic carbocycles. The molecule has 0 unspecified atom stereocenters. The van der Waals surface area contributed by atoms with Crippen molar-refractivity contribution in [3.63, 3.8) is 0 Å². The van der Waals surface area contributed by atoms with Crippen molar-refractivity contribution < 1.29 is 19.0 Å². The van der Waals surface area contributed by atoms with Crippen molar-refractivity contribution in [2.75, 3.05) is 33.9 Å². The molecule has 0 N–H and O–H groups in total. The molecule has 0 spiro atoms. The number of hydrogen-bond acceptors (Lipinski definition) is 4. The lowest BCUT2D eigenvalue weighted by Gasteiger charge is -2.32. The molecule has 0 aromatic heterocycles. The van der Waals surface area contributed by atoms with E-state index in [1.54, 1.807) is 38.5 Å². The van der Waals surface area contributed by atoms with E-state index in [1.807, 2.05) is 4.90 Å². The average Bonchev–Trinajstić information content (AvgIpc) is 2.58. The van der Waals surface area contributed by atoms with Crippen LogP contribution in [0.5, 0.6) is 11.5 Å². The highest BCUT2D eigenvalue weighted by Crippen LogP contribution is 2.24. The Hall–Kier alpha value is -2.01. The van der Waals surface area contributed by atoms with Crippen LogP contribution in [0, 0.1) is 0 Å². The van der Waals surface area contributed by atoms with E-state index in [2.05, 4.69) is 6.58 Å². The molecule has 0 saturated carbocycles. The summed E-state index contributed by atoms with van der Waals surface area (Å²) in [5.41, 5.74) is 0.570. The predicted octanol–water partition coefficient (Wildman–Crippen LogP) is 2.51. The summed E-state index contributed by atoms with van der Waals surface area (Å²) in [5.74, 6) is 1.20. The molecular weight excluding hydrogens is 282 g/mol. The average molecular weight is 305 g/mol. The maximum absolute atomic E-state index is 12.7. The van der Waals surface area contributed by atoms with E-state index in [-0.39, 0.29) is 12.0 Å². The molecule has 5 nitrogen and oxygen atoms in total. The maximum atomic E-state index is 12.7. The number of likely N-dealkylation sites (tertiary alicyclic amines) is 1. The van der Waals surface area contributed by atoms with E-state index in [1.165, 1.54) is 0 Å². The molecule has 0 radical (unpaired) electrons. The number of rotatable bonds is 6. The second-order valence-electron chi connectivity index (χ2n) is 5.24. The summed E-state index contributed by atoms with van der Waals surface area (Å²) in [5, 5.41) is 0. The summed E-state index contributed by atoms with van der Waals surface area (Å²) >= 11 is 0. The third-order valence-corrected chi connectivity index (χ3v) is 3.71. The van der Waals surface area contributed by atoms with Crippen LogP contribution >= 0.6 is 0 Å². The second-order valence-corrected chi connectivity index (χ2v) is 5.24. The minimum atomic E-state index is -0.0240. The van der Waals surface area contributed by atoms with Crippen LogP contribution < -0.4 is 9.47 Å². The van der Waals surface area contributed by atoms with Crippen molar-refractivity contribution in [1.82, 2.24) is 4.90 Å². The Balaban J connectivity index is 2.11. The lowest BCUT2D eigenvalue weighted by Crippen LogP contribution is -2.43. The van der Waals surface area contributed by atoms with Crippen LogP contribution in [0.15, 0.2) is 30.9 Å². The topological polar surface area (TPSA) is 48.0 Å². The van der Waals surface area contributed by atoms with Gasteiger partial charge in [0, 0.05) is 24.7 Å². The smallest absolute Gasteiger partial charge is 0.254 e. The van der Waals surface area contributed by atoms with Gasteiger partial charge in [-0.25, -0.2) is 0 Å². The van der Waals surface area contributed by atoms with E-state index >= 15 is 0 Å². The summed E-state index contributed by atoms with van der Waals surface area (Å²) in [6.07, 6.45) is 3.71. The summed E-state index contributed by atoms with van der Waals surface area (Å²) in [4.78, 5) is 14.5. The number of piperidine rings is 1. The molecule has 1 fully saturated rings. The largest absolute Gasteiger partial charge is 0.497 e. The van der Waals surface area contributed by atoms with Crippen LogP contribution in [0.1, 0.15) is 23.2 Å². The molecule has 1 amide bonds. The molecule has 1 aromatic rings. The van der Waals surface area contributed by atoms with Crippen LogP contribution in [0.4, 0.5) is 0 Å². The van der Waals surface area contributed by atoms with Gasteiger partial charge in [-0.2, -0.15) is 0 Å². The van der Waals surface area contributed by atoms with Gasteiger partial charge in [-0.05, 0) is 25.0 Å². The SMILES string of the molecule is C=CCO[C@@H]1CCCN(C(=O)c2cc(OC)cc(OC)c2)C1. The van der Waals surface area contributed by atoms with Gasteiger partial charge in [0.2, 0.25) is 0 Å². The molecule has 1 atom stereocenters. The van der Waals surface area contributed by atoms with Crippen LogP contribution in [-0.4, -0.2) is 50.8 Å². The van der Waals surface area contributed by atoms with E-state index < -0.39 is 0 Å². The monoisotopic (exact) mass is 305 g/mol. The van der Waals surface area contributed by atoms with Gasteiger partial charge in [0.25, 0.3) is 5.91 Å². The highest BCUT2D eigenvalue weighted by Gasteiger charge is 2.25. The Kier molecular flexibility index (Phi) is 5.83. The van der Waals surface area contributed by atoms with Gasteiger partial charge in [-0.1, -0.05) is 6.08 Å². The molecule has 22 heavy (non-hydrogen) atoms. The van der Waals surface area contributed by atoms with E-state index in [0.29, 0.717) is 30.2 Å². The van der Waals surface area contributed by atoms with Gasteiger partial charge in [-0.3, -0.25) is 4.79 Å². The quantitative estimate of drug-likeness (QED) is 0.758. The standard InChI is InChI=1S/C17H23NO4/c1-4-8-22-14-6-5-7-18(12-14)17(19)13-9-15(20-2)11-16(10-13)21-3/h4,9-11,14H,1,5-8,12H2,2-3H3/t14-/m1/s1. The first-order valence-corrected chi connectivity index (χ1v) is 7.42. The van der Waals surface area contributed by atoms with Crippen molar-refractivity contribution in [3.8, 4) is 11.5 Å². The molecule has 1 aliphatic rings. The Morgan fingerprint density at radius 3 is 2.59 bits per heavy atom. The van der Waals surface area contributed by atoms with Crippen LogP contribution in [0.3, 0.4) is 0 Å². The normalized spacial score (nSPS) is 17.9. The number of amides is 1. The van der Waals surface area contributed by atoms with E-state index in [0.717, 1.165) is 19.4 Å². The molecule has 0 bridgehead atoms. The molecule has 5 heteroatoms. The molecule has 1 saturated heterocycles. The maximum Gasteiger partial charge on any atom is 0.254 e. The van der Waals surface area contributed by atoms with Crippen LogP contribution in [-0.2, 0) is 4.74 Å². The summed E-state index contributed by atoms with van der Waals surface area (Å²) in [6.45, 7) is 5.51. The highest BCUT2D eigenvalue weighted by atomic mass is 16.5. The van der Waals surface area contributed by atoms with Gasteiger partial charge in [0.05, 0.1) is 26.9 Å². The first-order valence-electron chi connectivity index (χ1n) is 7.42. The lowest BCUT2D eigenvalue weighted by atomic mass is 10.1. The number of benzene rings is 1. The van der Waals surface area contributed by atoms with Crippen molar-refractivity contribution in [2.24, 2.45) is 0 Å². The molecule has 1 heterocycles. The van der Waals surface area contributed by atoms with Crippen LogP contribution in [0.25, 0.3) is 0 Å². The third kappa shape index (κ3) is 4.01. The molecule has 1 aliphatic heterocycles. The summed E-state index contributed by atoms with van der Waals surface area (Å²) < 4.78 is 16.1. The van der Waals surface area contributed by atoms with Gasteiger partial charge < -0.3 is 19.1 Å². The Labute approximate surface area is 131 Å². The summed E-state index contributed by atoms with van der Waals surface area (Å²) in [6, 6.07) is 5.22. The van der Waals surface area contributed by atoms with Crippen molar-refractivity contribution >= 4 is 5.91 Å². The van der Waals surface area contributed by atoms with E-state index in [9.17, 15) is 4.79 Å². The fourth-order valence-corrected chi connectivity index (χ4v) is 2.58. The number of nitrogens with zero attached hydrogens (tertiary/aromatic N) is 1. The van der Waals surface area contributed by atoms with Gasteiger partial charge in [0.15, 0.2) is 0 Å². The number of carbonyl (C=O) groups is 1. The fourth-order valence-electron chi connectivity index (χ4n) is 2.58. The van der Waals surface area contributed by atoms with Crippen molar-refractivity contribution in [1.29, 1.82) is 0 Å². The van der Waals surface area contributed by atoms with Gasteiger partial charge in [-0.15, -0.1) is 6.58 Å². The minimum Gasteiger partial charge on any atom is -0.497 e. The summed E-state index contributed by atoms with van der Waals surface area (Å²) in [7, 11) is 3.14. The fraction of sp³-hybridized carbons (Fsp3) is 0.471. The zero-order valence-corrected chi connectivity index (χ0v) is 13.2. The second kappa shape index (κ2) is 7.84. The molecule has 120 valence electrons. The number of methoxy groups -OCH3 is 2. The Morgan fingerprint density at radius 1 is 1.32 bits per heavy atom. The number of hydrogen-bond donors (Lipinski definition) is 0. The zero-order chi connectivity index (χ0) is 15.9. The van der Waals surface area contributed by atoms with Crippen molar-refractivity contribution in [3.05, 3.63) is 36.4 Å². The number of ether oxygens (including phenoxy) is 3. The predicted molar refractivity (Wildman–Crippen MR) is 84.6 cm³/mol. The van der Waals surface area contributed by atoms with Crippen LogP contribution in [0.2, 0.25) is 0 Å². The molecular formula is C17H23NO4. The Morgan fingerprint density at radius 2 is 2.00 bits per heavy atom. The zero-order valence-electron chi connectivity index (χ0n) is 13.2. The minimum absolute atomic E-state index is 0.0240. The first-order chi connectivity index (χ1) is 10.7. The lowest BCUT2D eigenvalue weighted by molar-refractivity contribution is 0.0134. The van der Waals surface area contributed by atoms with E-state index in [4.69, 9.17) is 14.2 Å². The highest BCUT2D eigenvalue weighted by molar-refractivity contribution is 5.95. The van der Waals surface area contributed by atoms with Gasteiger partial charge in [0.1, 0.15) is 11.5 Å². The van der Waals surface area contributed by atoms with Gasteiger partial charge >= 0.3 is 0 Å². The Bertz CT molecular complexity index is 507. The first kappa shape index (κ1) is 16.4. The molecule has 0 aliphatic carbocycles. The van der Waals surface area contributed by atoms with Crippen molar-refractivity contribution in [2.45, 2.75) is 18.9 Å².